The van der Waals surface area contributed by atoms with Crippen LogP contribution in [-0.4, -0.2) is 49.4 Å². The molecule has 5 heteroatoms. The molecule has 0 N–H and O–H groups in total. The summed E-state index contributed by atoms with van der Waals surface area (Å²) in [5.74, 6) is 3.13. The quantitative estimate of drug-likeness (QED) is 0.853. The highest BCUT2D eigenvalue weighted by atomic mass is 16.5. The van der Waals surface area contributed by atoms with E-state index in [0.717, 1.165) is 51.2 Å². The zero-order chi connectivity index (χ0) is 14.7. The topological polar surface area (TPSA) is 41.5 Å². The first-order valence-corrected chi connectivity index (χ1v) is 8.15. The summed E-state index contributed by atoms with van der Waals surface area (Å²) in [6.07, 6.45) is 4.40. The Balaban J connectivity index is 1.76. The number of ether oxygens (including phenoxy) is 1. The molecular weight excluding hydrogens is 264 g/mol. The zero-order valence-corrected chi connectivity index (χ0v) is 13.2. The molecule has 21 heavy (non-hydrogen) atoms. The van der Waals surface area contributed by atoms with Gasteiger partial charge in [-0.1, -0.05) is 13.8 Å². The summed E-state index contributed by atoms with van der Waals surface area (Å²) >= 11 is 0. The van der Waals surface area contributed by atoms with Gasteiger partial charge in [-0.05, 0) is 24.8 Å². The molecule has 1 aromatic rings. The average Bonchev–Trinajstić information content (AvgIpc) is 2.91. The van der Waals surface area contributed by atoms with Crippen molar-refractivity contribution in [1.82, 2.24) is 9.97 Å². The molecule has 3 rings (SSSR count). The lowest BCUT2D eigenvalue weighted by Crippen LogP contribution is -2.33. The Bertz CT molecular complexity index is 459. The van der Waals surface area contributed by atoms with E-state index in [1.54, 1.807) is 0 Å². The minimum atomic E-state index is 0.567. The predicted molar refractivity (Wildman–Crippen MR) is 84.8 cm³/mol. The van der Waals surface area contributed by atoms with Crippen LogP contribution in [0, 0.1) is 11.8 Å². The van der Waals surface area contributed by atoms with Gasteiger partial charge in [-0.3, -0.25) is 0 Å². The molecule has 0 aromatic carbocycles. The summed E-state index contributed by atoms with van der Waals surface area (Å²) in [5.41, 5.74) is 0. The van der Waals surface area contributed by atoms with Crippen molar-refractivity contribution in [2.75, 3.05) is 49.2 Å². The smallest absolute Gasteiger partial charge is 0.227 e. The summed E-state index contributed by atoms with van der Waals surface area (Å²) < 4.78 is 5.75. The minimum Gasteiger partial charge on any atom is -0.379 e. The van der Waals surface area contributed by atoms with Crippen molar-refractivity contribution in [3.8, 4) is 0 Å². The van der Waals surface area contributed by atoms with Crippen LogP contribution >= 0.6 is 0 Å². The van der Waals surface area contributed by atoms with Gasteiger partial charge in [-0.25, -0.2) is 4.98 Å². The first-order chi connectivity index (χ1) is 10.2. The van der Waals surface area contributed by atoms with Crippen molar-refractivity contribution >= 4 is 11.8 Å². The maximum Gasteiger partial charge on any atom is 0.227 e. The Labute approximate surface area is 127 Å². The Kier molecular flexibility index (Phi) is 4.58. The fourth-order valence-electron chi connectivity index (χ4n) is 3.03. The molecule has 2 saturated heterocycles. The first kappa shape index (κ1) is 14.6. The molecule has 1 aromatic heterocycles. The number of rotatable bonds is 3. The monoisotopic (exact) mass is 290 g/mol. The van der Waals surface area contributed by atoms with E-state index < -0.39 is 0 Å². The number of aromatic nitrogens is 2. The van der Waals surface area contributed by atoms with Crippen LogP contribution in [0.2, 0.25) is 0 Å². The second-order valence-corrected chi connectivity index (χ2v) is 6.43. The lowest BCUT2D eigenvalue weighted by molar-refractivity contribution is 0.108. The molecule has 0 amide bonds. The molecule has 0 spiro atoms. The summed E-state index contributed by atoms with van der Waals surface area (Å²) in [7, 11) is 0. The normalized spacial score (nSPS) is 23.7. The summed E-state index contributed by atoms with van der Waals surface area (Å²) in [5, 5.41) is 0. The van der Waals surface area contributed by atoms with E-state index in [1.807, 2.05) is 12.3 Å². The molecule has 5 nitrogen and oxygen atoms in total. The molecule has 116 valence electrons. The number of nitrogens with zero attached hydrogens (tertiary/aromatic N) is 4. The zero-order valence-electron chi connectivity index (χ0n) is 13.2. The Morgan fingerprint density at radius 3 is 2.76 bits per heavy atom. The van der Waals surface area contributed by atoms with Gasteiger partial charge in [0.2, 0.25) is 5.95 Å². The minimum absolute atomic E-state index is 0.567. The fraction of sp³-hybridized carbons (Fsp3) is 0.750. The predicted octanol–water partition coefficient (Wildman–Crippen LogP) is 2.19. The maximum absolute atomic E-state index is 5.75. The summed E-state index contributed by atoms with van der Waals surface area (Å²) in [6.45, 7) is 10.3. The Morgan fingerprint density at radius 1 is 1.19 bits per heavy atom. The first-order valence-electron chi connectivity index (χ1n) is 8.15. The van der Waals surface area contributed by atoms with Crippen LogP contribution < -0.4 is 9.80 Å². The molecule has 0 aliphatic carbocycles. The molecule has 3 heterocycles. The third kappa shape index (κ3) is 3.46. The Morgan fingerprint density at radius 2 is 2.00 bits per heavy atom. The van der Waals surface area contributed by atoms with Crippen molar-refractivity contribution < 1.29 is 4.74 Å². The number of hydrogen-bond donors (Lipinski definition) is 0. The molecule has 2 fully saturated rings. The van der Waals surface area contributed by atoms with E-state index in [4.69, 9.17) is 9.72 Å². The molecule has 1 atom stereocenters. The van der Waals surface area contributed by atoms with Gasteiger partial charge in [-0.2, -0.15) is 4.98 Å². The van der Waals surface area contributed by atoms with Crippen molar-refractivity contribution in [3.63, 3.8) is 0 Å². The average molecular weight is 290 g/mol. The molecule has 1 unspecified atom stereocenters. The van der Waals surface area contributed by atoms with Gasteiger partial charge >= 0.3 is 0 Å². The largest absolute Gasteiger partial charge is 0.379 e. The SMILES string of the molecule is CC(C)C1COCCN(c2ccnc(N3CCCC3)n2)C1. The van der Waals surface area contributed by atoms with E-state index in [0.29, 0.717) is 11.8 Å². The molecular formula is C16H26N4O. The van der Waals surface area contributed by atoms with E-state index in [1.165, 1.54) is 12.8 Å². The second-order valence-electron chi connectivity index (χ2n) is 6.43. The number of hydrogen-bond acceptors (Lipinski definition) is 5. The third-order valence-electron chi connectivity index (χ3n) is 4.58. The van der Waals surface area contributed by atoms with Gasteiger partial charge in [0, 0.05) is 38.3 Å². The highest BCUT2D eigenvalue weighted by Crippen LogP contribution is 2.23. The van der Waals surface area contributed by atoms with Crippen LogP contribution in [-0.2, 0) is 4.74 Å². The van der Waals surface area contributed by atoms with E-state index >= 15 is 0 Å². The van der Waals surface area contributed by atoms with Crippen LogP contribution in [0.5, 0.6) is 0 Å². The summed E-state index contributed by atoms with van der Waals surface area (Å²) in [6, 6.07) is 2.03. The maximum atomic E-state index is 5.75. The van der Waals surface area contributed by atoms with Crippen molar-refractivity contribution in [3.05, 3.63) is 12.3 Å². The van der Waals surface area contributed by atoms with Gasteiger partial charge in [0.25, 0.3) is 0 Å². The van der Waals surface area contributed by atoms with Gasteiger partial charge in [0.1, 0.15) is 5.82 Å². The fourth-order valence-corrected chi connectivity index (χ4v) is 3.03. The van der Waals surface area contributed by atoms with Gasteiger partial charge in [-0.15, -0.1) is 0 Å². The van der Waals surface area contributed by atoms with Crippen molar-refractivity contribution in [2.45, 2.75) is 26.7 Å². The van der Waals surface area contributed by atoms with E-state index in [2.05, 4.69) is 28.6 Å². The third-order valence-corrected chi connectivity index (χ3v) is 4.58. The highest BCUT2D eigenvalue weighted by Gasteiger charge is 2.23. The van der Waals surface area contributed by atoms with Crippen molar-refractivity contribution in [2.24, 2.45) is 11.8 Å². The highest BCUT2D eigenvalue weighted by molar-refractivity contribution is 5.44. The van der Waals surface area contributed by atoms with Crippen LogP contribution in [0.25, 0.3) is 0 Å². The molecule has 0 saturated carbocycles. The van der Waals surface area contributed by atoms with E-state index in [9.17, 15) is 0 Å². The molecule has 2 aliphatic heterocycles. The van der Waals surface area contributed by atoms with Crippen LogP contribution in [0.15, 0.2) is 12.3 Å². The second kappa shape index (κ2) is 6.60. The summed E-state index contributed by atoms with van der Waals surface area (Å²) in [4.78, 5) is 13.9. The van der Waals surface area contributed by atoms with Crippen molar-refractivity contribution in [1.29, 1.82) is 0 Å². The van der Waals surface area contributed by atoms with Crippen LogP contribution in [0.3, 0.4) is 0 Å². The van der Waals surface area contributed by atoms with Gasteiger partial charge < -0.3 is 14.5 Å². The van der Waals surface area contributed by atoms with Gasteiger partial charge in [0.05, 0.1) is 13.2 Å². The van der Waals surface area contributed by atoms with Gasteiger partial charge in [0.15, 0.2) is 0 Å². The lowest BCUT2D eigenvalue weighted by atomic mass is 9.96. The Hall–Kier alpha value is -1.36. The van der Waals surface area contributed by atoms with Crippen LogP contribution in [0.1, 0.15) is 26.7 Å². The standard InChI is InChI=1S/C16H26N4O/c1-13(2)14-11-20(9-10-21-12-14)15-5-6-17-16(18-15)19-7-3-4-8-19/h5-6,13-14H,3-4,7-12H2,1-2H3. The molecule has 2 aliphatic rings. The molecule has 0 bridgehead atoms. The number of anilines is 2. The van der Waals surface area contributed by atoms with E-state index in [-0.39, 0.29) is 0 Å². The molecule has 0 radical (unpaired) electrons. The van der Waals surface area contributed by atoms with Crippen LogP contribution in [0.4, 0.5) is 11.8 Å². The lowest BCUT2D eigenvalue weighted by Gasteiger charge is -2.27.